The number of hydrogen-bond donors (Lipinski definition) is 3. The Balaban J connectivity index is 2.33. The Kier molecular flexibility index (Phi) is 4.72. The topological polar surface area (TPSA) is 67.2 Å². The third kappa shape index (κ3) is 4.27. The van der Waals surface area contributed by atoms with E-state index in [1.807, 2.05) is 30.3 Å². The van der Waals surface area contributed by atoms with Crippen LogP contribution >= 0.6 is 12.2 Å². The number of carbonyl (C=O) groups excluding carboxylic acids is 1. The number of nitrogens with one attached hydrogen (secondary N) is 2. The molecule has 0 spiro atoms. The van der Waals surface area contributed by atoms with Gasteiger partial charge in [-0.25, -0.2) is 4.79 Å². The van der Waals surface area contributed by atoms with Crippen LogP contribution < -0.4 is 16.4 Å². The summed E-state index contributed by atoms with van der Waals surface area (Å²) in [6, 6.07) is 9.08. The highest BCUT2D eigenvalue weighted by atomic mass is 32.1. The number of urea groups is 1. The normalized spacial score (nSPS) is 11.6. The predicted octanol–water partition coefficient (Wildman–Crippen LogP) is 1.16. The van der Waals surface area contributed by atoms with Gasteiger partial charge in [-0.1, -0.05) is 42.5 Å². The van der Waals surface area contributed by atoms with Crippen molar-refractivity contribution in [3.8, 4) is 0 Å². The summed E-state index contributed by atoms with van der Waals surface area (Å²) in [5, 5.41) is 5.35. The number of amides is 2. The zero-order valence-electron chi connectivity index (χ0n) is 9.07. The maximum Gasteiger partial charge on any atom is 0.315 e. The van der Waals surface area contributed by atoms with Gasteiger partial charge in [0.15, 0.2) is 0 Å². The van der Waals surface area contributed by atoms with Crippen molar-refractivity contribution in [1.29, 1.82) is 0 Å². The van der Waals surface area contributed by atoms with E-state index in [2.05, 4.69) is 10.6 Å². The van der Waals surface area contributed by atoms with Crippen molar-refractivity contribution in [2.45, 2.75) is 19.5 Å². The van der Waals surface area contributed by atoms with Gasteiger partial charge in [-0.2, -0.15) is 0 Å². The Morgan fingerprint density at radius 1 is 1.44 bits per heavy atom. The summed E-state index contributed by atoms with van der Waals surface area (Å²) in [4.78, 5) is 11.7. The summed E-state index contributed by atoms with van der Waals surface area (Å²) < 4.78 is 0. The second-order valence-corrected chi connectivity index (χ2v) is 3.91. The molecule has 4 nitrogen and oxygen atoms in total. The Bertz CT molecular complexity index is 367. The lowest BCUT2D eigenvalue weighted by molar-refractivity contribution is 0.239. The minimum absolute atomic E-state index is 0.273. The van der Waals surface area contributed by atoms with Crippen LogP contribution in [0.5, 0.6) is 0 Å². The molecule has 0 heterocycles. The fourth-order valence-corrected chi connectivity index (χ4v) is 1.16. The van der Waals surface area contributed by atoms with Gasteiger partial charge in [-0.05, 0) is 12.5 Å². The van der Waals surface area contributed by atoms with Crippen molar-refractivity contribution in [2.75, 3.05) is 0 Å². The molecule has 0 aromatic heterocycles. The highest BCUT2D eigenvalue weighted by Crippen LogP contribution is 1.96. The molecule has 4 N–H and O–H groups in total. The van der Waals surface area contributed by atoms with Gasteiger partial charge >= 0.3 is 6.03 Å². The van der Waals surface area contributed by atoms with Gasteiger partial charge in [0.2, 0.25) is 0 Å². The van der Waals surface area contributed by atoms with Crippen LogP contribution in [-0.4, -0.2) is 17.1 Å². The number of nitrogens with two attached hydrogens (primary N) is 1. The monoisotopic (exact) mass is 237 g/mol. The van der Waals surface area contributed by atoms with Gasteiger partial charge in [0.25, 0.3) is 0 Å². The number of thiocarbonyl (C=S) groups is 1. The van der Waals surface area contributed by atoms with Crippen molar-refractivity contribution < 1.29 is 4.79 Å². The van der Waals surface area contributed by atoms with E-state index in [-0.39, 0.29) is 17.1 Å². The SMILES string of the molecule is CC(NC(=O)NCc1ccccc1)C(N)=S. The standard InChI is InChI=1S/C11H15N3OS/c1-8(10(12)16)14-11(15)13-7-9-5-3-2-4-6-9/h2-6,8H,7H2,1H3,(H2,12,16)(H2,13,14,15). The molecule has 1 aromatic carbocycles. The Hall–Kier alpha value is -1.62. The molecule has 2 amide bonds. The molecular formula is C11H15N3OS. The highest BCUT2D eigenvalue weighted by molar-refractivity contribution is 7.80. The zero-order valence-corrected chi connectivity index (χ0v) is 9.88. The van der Waals surface area contributed by atoms with E-state index in [0.717, 1.165) is 5.56 Å². The summed E-state index contributed by atoms with van der Waals surface area (Å²) in [5.74, 6) is 0. The van der Waals surface area contributed by atoms with E-state index in [1.165, 1.54) is 0 Å². The quantitative estimate of drug-likeness (QED) is 0.688. The van der Waals surface area contributed by atoms with Crippen LogP contribution in [0.1, 0.15) is 12.5 Å². The molecule has 5 heteroatoms. The first kappa shape index (κ1) is 12.4. The second-order valence-electron chi connectivity index (χ2n) is 3.44. The Morgan fingerprint density at radius 2 is 2.06 bits per heavy atom. The predicted molar refractivity (Wildman–Crippen MR) is 68.1 cm³/mol. The Labute approximate surface area is 100 Å². The fraction of sp³-hybridized carbons (Fsp3) is 0.273. The average molecular weight is 237 g/mol. The maximum atomic E-state index is 11.4. The molecule has 0 bridgehead atoms. The van der Waals surface area contributed by atoms with Crippen molar-refractivity contribution in [2.24, 2.45) is 5.73 Å². The van der Waals surface area contributed by atoms with Crippen LogP contribution in [0.3, 0.4) is 0 Å². The summed E-state index contributed by atoms with van der Waals surface area (Å²) >= 11 is 4.75. The molecule has 16 heavy (non-hydrogen) atoms. The minimum atomic E-state index is -0.300. The smallest absolute Gasteiger partial charge is 0.315 e. The van der Waals surface area contributed by atoms with Crippen LogP contribution in [0.15, 0.2) is 30.3 Å². The average Bonchev–Trinajstić information content (AvgIpc) is 2.27. The first-order valence-electron chi connectivity index (χ1n) is 4.97. The van der Waals surface area contributed by atoms with Crippen LogP contribution in [0.2, 0.25) is 0 Å². The van der Waals surface area contributed by atoms with Gasteiger partial charge in [-0.3, -0.25) is 0 Å². The molecular weight excluding hydrogens is 222 g/mol. The van der Waals surface area contributed by atoms with Crippen molar-refractivity contribution >= 4 is 23.2 Å². The lowest BCUT2D eigenvalue weighted by Gasteiger charge is -2.12. The largest absolute Gasteiger partial charge is 0.392 e. The van der Waals surface area contributed by atoms with Gasteiger partial charge in [0.1, 0.15) is 0 Å². The molecule has 1 atom stereocenters. The fourth-order valence-electron chi connectivity index (χ4n) is 1.10. The summed E-state index contributed by atoms with van der Waals surface area (Å²) in [6.45, 7) is 2.22. The molecule has 0 aliphatic carbocycles. The third-order valence-electron chi connectivity index (χ3n) is 2.07. The molecule has 0 saturated heterocycles. The first-order chi connectivity index (χ1) is 7.59. The molecule has 0 aliphatic heterocycles. The van der Waals surface area contributed by atoms with Crippen molar-refractivity contribution in [3.63, 3.8) is 0 Å². The highest BCUT2D eigenvalue weighted by Gasteiger charge is 2.08. The van der Waals surface area contributed by atoms with Gasteiger partial charge in [-0.15, -0.1) is 0 Å². The molecule has 1 unspecified atom stereocenters. The molecule has 86 valence electrons. The number of hydrogen-bond acceptors (Lipinski definition) is 2. The van der Waals surface area contributed by atoms with Crippen molar-refractivity contribution in [1.82, 2.24) is 10.6 Å². The number of rotatable bonds is 4. The van der Waals surface area contributed by atoms with E-state index >= 15 is 0 Å². The van der Waals surface area contributed by atoms with Crippen LogP contribution in [0, 0.1) is 0 Å². The van der Waals surface area contributed by atoms with E-state index in [4.69, 9.17) is 18.0 Å². The molecule has 0 radical (unpaired) electrons. The lowest BCUT2D eigenvalue weighted by Crippen LogP contribution is -2.45. The van der Waals surface area contributed by atoms with Crippen molar-refractivity contribution in [3.05, 3.63) is 35.9 Å². The molecule has 0 aliphatic rings. The Morgan fingerprint density at radius 3 is 2.62 bits per heavy atom. The van der Waals surface area contributed by atoms with Gasteiger partial charge < -0.3 is 16.4 Å². The van der Waals surface area contributed by atoms with Gasteiger partial charge in [0, 0.05) is 6.54 Å². The number of carbonyl (C=O) groups is 1. The van der Waals surface area contributed by atoms with Crippen LogP contribution in [0.25, 0.3) is 0 Å². The summed E-state index contributed by atoms with van der Waals surface area (Å²) in [5.41, 5.74) is 6.42. The minimum Gasteiger partial charge on any atom is -0.392 e. The summed E-state index contributed by atoms with van der Waals surface area (Å²) in [7, 11) is 0. The lowest BCUT2D eigenvalue weighted by atomic mass is 10.2. The van der Waals surface area contributed by atoms with E-state index in [9.17, 15) is 4.79 Å². The third-order valence-corrected chi connectivity index (χ3v) is 2.42. The maximum absolute atomic E-state index is 11.4. The molecule has 0 saturated carbocycles. The first-order valence-corrected chi connectivity index (χ1v) is 5.38. The summed E-state index contributed by atoms with van der Waals surface area (Å²) in [6.07, 6.45) is 0. The number of benzene rings is 1. The molecule has 0 fully saturated rings. The van der Waals surface area contributed by atoms with E-state index < -0.39 is 0 Å². The zero-order chi connectivity index (χ0) is 12.0. The van der Waals surface area contributed by atoms with Crippen LogP contribution in [0.4, 0.5) is 4.79 Å². The van der Waals surface area contributed by atoms with Crippen LogP contribution in [-0.2, 0) is 6.54 Å². The van der Waals surface area contributed by atoms with Gasteiger partial charge in [0.05, 0.1) is 11.0 Å². The molecule has 1 rings (SSSR count). The second kappa shape index (κ2) is 6.07. The van der Waals surface area contributed by atoms with E-state index in [0.29, 0.717) is 6.54 Å². The van der Waals surface area contributed by atoms with E-state index in [1.54, 1.807) is 6.92 Å². The molecule has 1 aromatic rings.